The summed E-state index contributed by atoms with van der Waals surface area (Å²) >= 11 is 3.79. The van der Waals surface area contributed by atoms with Crippen LogP contribution in [0.25, 0.3) is 10.1 Å². The molecule has 0 aliphatic carbocycles. The molecule has 2 rings (SSSR count). The Kier molecular flexibility index (Phi) is 2.38. The Balaban J connectivity index is 3.03. The monoisotopic (exact) mass is 302 g/mol. The second-order valence-electron chi connectivity index (χ2n) is 2.80. The molecule has 3 heteroatoms. The third-order valence-electron chi connectivity index (χ3n) is 1.90. The fraction of sp³-hybridized carbons (Fsp3) is 0.100. The van der Waals surface area contributed by atoms with Gasteiger partial charge < -0.3 is 0 Å². The highest BCUT2D eigenvalue weighted by atomic mass is 127. The van der Waals surface area contributed by atoms with Gasteiger partial charge in [0, 0.05) is 15.0 Å². The number of hydrogen-bond donors (Lipinski definition) is 0. The molecule has 1 nitrogen and oxygen atoms in total. The summed E-state index contributed by atoms with van der Waals surface area (Å²) in [6, 6.07) is 7.74. The van der Waals surface area contributed by atoms with Crippen molar-refractivity contribution >= 4 is 44.0 Å². The molecule has 0 aliphatic rings. The summed E-state index contributed by atoms with van der Waals surface area (Å²) in [5.41, 5.74) is 0.160. The van der Waals surface area contributed by atoms with Crippen LogP contribution in [0.4, 0.5) is 0 Å². The van der Waals surface area contributed by atoms with Gasteiger partial charge in [0.2, 0.25) is 5.43 Å². The molecule has 0 saturated heterocycles. The fourth-order valence-electron chi connectivity index (χ4n) is 1.23. The largest absolute Gasteiger partial charge is 0.288 e. The topological polar surface area (TPSA) is 17.1 Å². The Hall–Kier alpha value is -0.420. The van der Waals surface area contributed by atoms with E-state index in [1.54, 1.807) is 11.3 Å². The number of fused-ring (bicyclic) bond motifs is 1. The van der Waals surface area contributed by atoms with E-state index in [0.717, 1.165) is 18.5 Å². The Morgan fingerprint density at radius 1 is 1.31 bits per heavy atom. The molecule has 0 spiro atoms. The third kappa shape index (κ3) is 1.50. The van der Waals surface area contributed by atoms with E-state index in [2.05, 4.69) is 22.6 Å². The third-order valence-corrected chi connectivity index (χ3v) is 4.65. The molecule has 0 radical (unpaired) electrons. The number of halogens is 1. The lowest BCUT2D eigenvalue weighted by Crippen LogP contribution is -2.05. The predicted octanol–water partition coefficient (Wildman–Crippen LogP) is 3.17. The van der Waals surface area contributed by atoms with Crippen molar-refractivity contribution in [3.63, 3.8) is 0 Å². The van der Waals surface area contributed by atoms with E-state index in [1.807, 2.05) is 31.2 Å². The number of benzene rings is 1. The molecular formula is C10H7IOS. The average Bonchev–Trinajstić information content (AvgIpc) is 2.15. The van der Waals surface area contributed by atoms with E-state index in [9.17, 15) is 4.79 Å². The molecule has 0 saturated carbocycles. The summed E-state index contributed by atoms with van der Waals surface area (Å²) in [5.74, 6) is 0. The van der Waals surface area contributed by atoms with Gasteiger partial charge >= 0.3 is 0 Å². The van der Waals surface area contributed by atoms with Gasteiger partial charge in [-0.15, -0.1) is 11.3 Å². The van der Waals surface area contributed by atoms with Crippen molar-refractivity contribution in [3.8, 4) is 0 Å². The highest BCUT2D eigenvalue weighted by molar-refractivity contribution is 14.1. The molecule has 0 bridgehead atoms. The molecule has 0 amide bonds. The first kappa shape index (κ1) is 9.15. The van der Waals surface area contributed by atoms with Crippen molar-refractivity contribution in [1.29, 1.82) is 0 Å². The highest BCUT2D eigenvalue weighted by Gasteiger charge is 2.05. The van der Waals surface area contributed by atoms with Crippen LogP contribution in [-0.2, 0) is 0 Å². The van der Waals surface area contributed by atoms with Crippen LogP contribution in [-0.4, -0.2) is 0 Å². The van der Waals surface area contributed by atoms with Crippen LogP contribution in [0.2, 0.25) is 0 Å². The Bertz CT molecular complexity index is 516. The average molecular weight is 302 g/mol. The van der Waals surface area contributed by atoms with E-state index in [4.69, 9.17) is 0 Å². The van der Waals surface area contributed by atoms with Gasteiger partial charge in [0.05, 0.1) is 3.57 Å². The van der Waals surface area contributed by atoms with E-state index < -0.39 is 0 Å². The van der Waals surface area contributed by atoms with E-state index in [-0.39, 0.29) is 5.43 Å². The van der Waals surface area contributed by atoms with Gasteiger partial charge in [-0.2, -0.15) is 0 Å². The van der Waals surface area contributed by atoms with Crippen LogP contribution in [0, 0.1) is 10.5 Å². The Morgan fingerprint density at radius 3 is 2.77 bits per heavy atom. The number of hydrogen-bond acceptors (Lipinski definition) is 2. The lowest BCUT2D eigenvalue weighted by atomic mass is 10.2. The van der Waals surface area contributed by atoms with Crippen LogP contribution in [0.3, 0.4) is 0 Å². The normalized spacial score (nSPS) is 10.6. The van der Waals surface area contributed by atoms with E-state index in [1.165, 1.54) is 0 Å². The quantitative estimate of drug-likeness (QED) is 0.683. The summed E-state index contributed by atoms with van der Waals surface area (Å²) in [4.78, 5) is 12.8. The zero-order chi connectivity index (χ0) is 9.42. The van der Waals surface area contributed by atoms with Gasteiger partial charge in [-0.1, -0.05) is 12.1 Å². The minimum absolute atomic E-state index is 0.160. The summed E-state index contributed by atoms with van der Waals surface area (Å²) < 4.78 is 1.92. The van der Waals surface area contributed by atoms with Crippen molar-refractivity contribution in [2.45, 2.75) is 6.92 Å². The van der Waals surface area contributed by atoms with Crippen molar-refractivity contribution in [3.05, 3.63) is 42.9 Å². The molecular weight excluding hydrogens is 295 g/mol. The maximum Gasteiger partial charge on any atom is 0.201 e. The zero-order valence-corrected chi connectivity index (χ0v) is 9.98. The summed E-state index contributed by atoms with van der Waals surface area (Å²) in [7, 11) is 0. The molecule has 0 fully saturated rings. The standard InChI is InChI=1S/C10H7IOS/c1-6-9(11)10(12)7-4-2-3-5-8(7)13-6/h2-5H,1H3. The Labute approximate surface area is 93.6 Å². The predicted molar refractivity (Wildman–Crippen MR) is 65.5 cm³/mol. The second-order valence-corrected chi connectivity index (χ2v) is 5.13. The van der Waals surface area contributed by atoms with Crippen molar-refractivity contribution in [2.24, 2.45) is 0 Å². The first-order chi connectivity index (χ1) is 6.20. The summed E-state index contributed by atoms with van der Waals surface area (Å²) in [6.07, 6.45) is 0. The van der Waals surface area contributed by atoms with Crippen LogP contribution in [0.5, 0.6) is 0 Å². The highest BCUT2D eigenvalue weighted by Crippen LogP contribution is 2.21. The molecule has 0 unspecified atom stereocenters. The van der Waals surface area contributed by atoms with Gasteiger partial charge in [0.1, 0.15) is 0 Å². The maximum atomic E-state index is 11.7. The lowest BCUT2D eigenvalue weighted by Gasteiger charge is -1.99. The second kappa shape index (κ2) is 3.38. The molecule has 1 heterocycles. The van der Waals surface area contributed by atoms with Crippen LogP contribution >= 0.6 is 33.9 Å². The SMILES string of the molecule is Cc1sc2ccccc2c(=O)c1I. The first-order valence-electron chi connectivity index (χ1n) is 3.88. The first-order valence-corrected chi connectivity index (χ1v) is 5.77. The summed E-state index contributed by atoms with van der Waals surface area (Å²) in [5, 5.41) is 0.836. The molecule has 0 N–H and O–H groups in total. The number of aryl methyl sites for hydroxylation is 1. The molecule has 66 valence electrons. The minimum atomic E-state index is 0.160. The van der Waals surface area contributed by atoms with E-state index >= 15 is 0 Å². The number of rotatable bonds is 0. The van der Waals surface area contributed by atoms with Gasteiger partial charge in [-0.05, 0) is 41.6 Å². The lowest BCUT2D eigenvalue weighted by molar-refractivity contribution is 1.51. The molecule has 13 heavy (non-hydrogen) atoms. The van der Waals surface area contributed by atoms with Crippen molar-refractivity contribution in [1.82, 2.24) is 0 Å². The van der Waals surface area contributed by atoms with Gasteiger partial charge in [0.15, 0.2) is 0 Å². The van der Waals surface area contributed by atoms with Gasteiger partial charge in [0.25, 0.3) is 0 Å². The minimum Gasteiger partial charge on any atom is -0.288 e. The maximum absolute atomic E-state index is 11.7. The van der Waals surface area contributed by atoms with E-state index in [0.29, 0.717) is 0 Å². The van der Waals surface area contributed by atoms with Crippen LogP contribution < -0.4 is 5.43 Å². The van der Waals surface area contributed by atoms with Crippen molar-refractivity contribution in [2.75, 3.05) is 0 Å². The van der Waals surface area contributed by atoms with Gasteiger partial charge in [-0.25, -0.2) is 0 Å². The van der Waals surface area contributed by atoms with Gasteiger partial charge in [-0.3, -0.25) is 4.79 Å². The van der Waals surface area contributed by atoms with Crippen molar-refractivity contribution < 1.29 is 0 Å². The van der Waals surface area contributed by atoms with Crippen LogP contribution in [0.15, 0.2) is 29.1 Å². The zero-order valence-electron chi connectivity index (χ0n) is 7.00. The van der Waals surface area contributed by atoms with Crippen LogP contribution in [0.1, 0.15) is 4.88 Å². The summed E-state index contributed by atoms with van der Waals surface area (Å²) in [6.45, 7) is 1.99. The fourth-order valence-corrected chi connectivity index (χ4v) is 2.78. The molecule has 1 aromatic carbocycles. The Morgan fingerprint density at radius 2 is 2.00 bits per heavy atom. The molecule has 2 aromatic rings. The molecule has 0 aliphatic heterocycles. The molecule has 0 atom stereocenters. The molecule has 1 aromatic heterocycles. The smallest absolute Gasteiger partial charge is 0.201 e.